The van der Waals surface area contributed by atoms with Crippen LogP contribution in [-0.2, 0) is 6.54 Å². The smallest absolute Gasteiger partial charge is 0.165 e. The predicted octanol–water partition coefficient (Wildman–Crippen LogP) is 3.23. The van der Waals surface area contributed by atoms with Crippen molar-refractivity contribution in [2.45, 2.75) is 44.2 Å². The molecule has 0 radical (unpaired) electrons. The molecule has 0 amide bonds. The second kappa shape index (κ2) is 8.22. The lowest BCUT2D eigenvalue weighted by atomic mass is 9.79. The molecule has 130 valence electrons. The summed E-state index contributed by atoms with van der Waals surface area (Å²) in [7, 11) is 3.44. The molecule has 23 heavy (non-hydrogen) atoms. The van der Waals surface area contributed by atoms with Gasteiger partial charge < -0.3 is 14.8 Å². The molecule has 1 spiro atoms. The first kappa shape index (κ1) is 18.4. The molecule has 1 aromatic rings. The number of rotatable bonds is 4. The summed E-state index contributed by atoms with van der Waals surface area (Å²) in [6, 6.07) is 6.20. The van der Waals surface area contributed by atoms with Gasteiger partial charge in [-0.1, -0.05) is 31.4 Å². The van der Waals surface area contributed by atoms with Crippen LogP contribution in [0.1, 0.15) is 37.7 Å². The third kappa shape index (κ3) is 3.76. The van der Waals surface area contributed by atoms with E-state index in [0.29, 0.717) is 5.54 Å². The van der Waals surface area contributed by atoms with Crippen LogP contribution in [0.3, 0.4) is 0 Å². The van der Waals surface area contributed by atoms with Gasteiger partial charge in [0.25, 0.3) is 0 Å². The molecule has 1 saturated carbocycles. The molecule has 3 rings (SSSR count). The van der Waals surface area contributed by atoms with Gasteiger partial charge in [0, 0.05) is 37.3 Å². The van der Waals surface area contributed by atoms with Crippen molar-refractivity contribution in [1.82, 2.24) is 10.2 Å². The third-order valence-electron chi connectivity index (χ3n) is 5.31. The topological polar surface area (TPSA) is 33.7 Å². The molecule has 1 aliphatic carbocycles. The molecule has 0 atom stereocenters. The van der Waals surface area contributed by atoms with Crippen LogP contribution >= 0.6 is 12.4 Å². The molecular weight excluding hydrogens is 312 g/mol. The lowest BCUT2D eigenvalue weighted by molar-refractivity contribution is 0.0203. The fourth-order valence-corrected chi connectivity index (χ4v) is 4.12. The van der Waals surface area contributed by atoms with E-state index < -0.39 is 0 Å². The van der Waals surface area contributed by atoms with Gasteiger partial charge in [0.15, 0.2) is 11.5 Å². The van der Waals surface area contributed by atoms with Gasteiger partial charge in [0.2, 0.25) is 0 Å². The number of para-hydroxylation sites is 1. The van der Waals surface area contributed by atoms with E-state index in [9.17, 15) is 0 Å². The van der Waals surface area contributed by atoms with Crippen LogP contribution in [0.5, 0.6) is 11.5 Å². The number of nitrogens with one attached hydrogen (secondary N) is 1. The largest absolute Gasteiger partial charge is 0.493 e. The highest BCUT2D eigenvalue weighted by Crippen LogP contribution is 2.38. The van der Waals surface area contributed by atoms with Crippen LogP contribution in [-0.4, -0.2) is 44.3 Å². The summed E-state index contributed by atoms with van der Waals surface area (Å²) >= 11 is 0. The Morgan fingerprint density at radius 1 is 1.13 bits per heavy atom. The monoisotopic (exact) mass is 340 g/mol. The average molecular weight is 341 g/mol. The zero-order valence-corrected chi connectivity index (χ0v) is 15.1. The Balaban J connectivity index is 0.00000192. The zero-order valence-electron chi connectivity index (χ0n) is 14.3. The maximum absolute atomic E-state index is 5.62. The van der Waals surface area contributed by atoms with E-state index >= 15 is 0 Å². The highest BCUT2D eigenvalue weighted by atomic mass is 35.5. The Labute approximate surface area is 145 Å². The lowest BCUT2D eigenvalue weighted by Gasteiger charge is -2.50. The Morgan fingerprint density at radius 2 is 1.91 bits per heavy atom. The van der Waals surface area contributed by atoms with Crippen LogP contribution in [0.15, 0.2) is 18.2 Å². The van der Waals surface area contributed by atoms with Crippen LogP contribution in [0.25, 0.3) is 0 Å². The van der Waals surface area contributed by atoms with E-state index in [2.05, 4.69) is 22.3 Å². The Kier molecular flexibility index (Phi) is 6.57. The molecule has 2 fully saturated rings. The van der Waals surface area contributed by atoms with Gasteiger partial charge >= 0.3 is 0 Å². The van der Waals surface area contributed by atoms with Crippen molar-refractivity contribution in [3.8, 4) is 11.5 Å². The van der Waals surface area contributed by atoms with Crippen LogP contribution in [0.2, 0.25) is 0 Å². The van der Waals surface area contributed by atoms with Crippen LogP contribution in [0.4, 0.5) is 0 Å². The lowest BCUT2D eigenvalue weighted by Crippen LogP contribution is -2.61. The number of benzene rings is 1. The Morgan fingerprint density at radius 3 is 2.61 bits per heavy atom. The number of methoxy groups -OCH3 is 2. The molecule has 4 nitrogen and oxygen atoms in total. The van der Waals surface area contributed by atoms with Gasteiger partial charge in [-0.15, -0.1) is 12.4 Å². The molecule has 1 heterocycles. The number of hydrogen-bond acceptors (Lipinski definition) is 4. The van der Waals surface area contributed by atoms with Crippen LogP contribution < -0.4 is 14.8 Å². The zero-order chi connectivity index (χ0) is 15.4. The second-order valence-corrected chi connectivity index (χ2v) is 6.54. The molecule has 1 N–H and O–H groups in total. The first-order valence-corrected chi connectivity index (χ1v) is 8.45. The maximum atomic E-state index is 5.62. The number of halogens is 1. The fraction of sp³-hybridized carbons (Fsp3) is 0.667. The van der Waals surface area contributed by atoms with E-state index in [1.54, 1.807) is 14.2 Å². The minimum Gasteiger partial charge on any atom is -0.493 e. The molecule has 0 bridgehead atoms. The van der Waals surface area contributed by atoms with Gasteiger partial charge in [-0.05, 0) is 18.9 Å². The van der Waals surface area contributed by atoms with Crippen molar-refractivity contribution in [2.24, 2.45) is 0 Å². The third-order valence-corrected chi connectivity index (χ3v) is 5.31. The van der Waals surface area contributed by atoms with Gasteiger partial charge in [0.1, 0.15) is 0 Å². The standard InChI is InChI=1S/C18H28N2O2.ClH/c1-21-16-8-6-7-15(17(16)22-2)13-20-12-11-19-14-18(20)9-4-3-5-10-18;/h6-8,19H,3-5,9-14H2,1-2H3;1H. The summed E-state index contributed by atoms with van der Waals surface area (Å²) in [6.07, 6.45) is 6.72. The number of ether oxygens (including phenoxy) is 2. The first-order chi connectivity index (χ1) is 10.8. The Hall–Kier alpha value is -0.970. The fourth-order valence-electron chi connectivity index (χ4n) is 4.12. The minimum atomic E-state index is 0. The van der Waals surface area contributed by atoms with Crippen LogP contribution in [0, 0.1) is 0 Å². The van der Waals surface area contributed by atoms with Gasteiger partial charge in [-0.3, -0.25) is 4.90 Å². The molecule has 5 heteroatoms. The van der Waals surface area contributed by atoms with E-state index in [4.69, 9.17) is 9.47 Å². The van der Waals surface area contributed by atoms with Crippen molar-refractivity contribution in [1.29, 1.82) is 0 Å². The average Bonchev–Trinajstić information content (AvgIpc) is 2.57. The molecule has 2 aliphatic rings. The molecule has 1 aliphatic heterocycles. The summed E-state index contributed by atoms with van der Waals surface area (Å²) in [5.74, 6) is 1.71. The summed E-state index contributed by atoms with van der Waals surface area (Å²) in [4.78, 5) is 2.68. The van der Waals surface area contributed by atoms with Crippen molar-refractivity contribution in [3.05, 3.63) is 23.8 Å². The normalized spacial score (nSPS) is 20.8. The van der Waals surface area contributed by atoms with Crippen molar-refractivity contribution in [2.75, 3.05) is 33.9 Å². The highest BCUT2D eigenvalue weighted by molar-refractivity contribution is 5.85. The van der Waals surface area contributed by atoms with Crippen molar-refractivity contribution in [3.63, 3.8) is 0 Å². The molecular formula is C18H29ClN2O2. The number of nitrogens with zero attached hydrogens (tertiary/aromatic N) is 1. The van der Waals surface area contributed by atoms with Crippen molar-refractivity contribution < 1.29 is 9.47 Å². The minimum absolute atomic E-state index is 0. The molecule has 1 aromatic carbocycles. The Bertz CT molecular complexity index is 496. The number of hydrogen-bond donors (Lipinski definition) is 1. The second-order valence-electron chi connectivity index (χ2n) is 6.54. The summed E-state index contributed by atoms with van der Waals surface area (Å²) in [5.41, 5.74) is 1.57. The summed E-state index contributed by atoms with van der Waals surface area (Å²) in [6.45, 7) is 4.26. The predicted molar refractivity (Wildman–Crippen MR) is 95.9 cm³/mol. The van der Waals surface area contributed by atoms with E-state index in [1.807, 2.05) is 6.07 Å². The maximum Gasteiger partial charge on any atom is 0.165 e. The quantitative estimate of drug-likeness (QED) is 0.912. The van der Waals surface area contributed by atoms with E-state index in [0.717, 1.165) is 37.7 Å². The SMILES string of the molecule is COc1cccc(CN2CCNCC23CCCCC3)c1OC.Cl. The van der Waals surface area contributed by atoms with Gasteiger partial charge in [-0.25, -0.2) is 0 Å². The van der Waals surface area contributed by atoms with E-state index in [-0.39, 0.29) is 12.4 Å². The number of piperazine rings is 1. The van der Waals surface area contributed by atoms with E-state index in [1.165, 1.54) is 37.7 Å². The summed E-state index contributed by atoms with van der Waals surface area (Å²) in [5, 5.41) is 3.61. The van der Waals surface area contributed by atoms with Gasteiger partial charge in [0.05, 0.1) is 14.2 Å². The van der Waals surface area contributed by atoms with Gasteiger partial charge in [-0.2, -0.15) is 0 Å². The van der Waals surface area contributed by atoms with Crippen molar-refractivity contribution >= 4 is 12.4 Å². The summed E-state index contributed by atoms with van der Waals surface area (Å²) < 4.78 is 11.1. The highest BCUT2D eigenvalue weighted by Gasteiger charge is 2.39. The molecule has 0 aromatic heterocycles. The molecule has 1 saturated heterocycles. The first-order valence-electron chi connectivity index (χ1n) is 8.45. The molecule has 0 unspecified atom stereocenters.